The van der Waals surface area contributed by atoms with E-state index < -0.39 is 10.0 Å². The van der Waals surface area contributed by atoms with Crippen LogP contribution >= 0.6 is 15.9 Å². The maximum atomic E-state index is 12.7. The van der Waals surface area contributed by atoms with Crippen molar-refractivity contribution in [2.75, 3.05) is 31.5 Å². The van der Waals surface area contributed by atoms with Crippen LogP contribution in [-0.2, 0) is 14.8 Å². The molecule has 2 aliphatic heterocycles. The molecule has 120 valence electrons. The van der Waals surface area contributed by atoms with Gasteiger partial charge in [-0.2, -0.15) is 4.31 Å². The highest BCUT2D eigenvalue weighted by Gasteiger charge is 2.41. The molecule has 6 nitrogen and oxygen atoms in total. The number of sulfonamides is 1. The summed E-state index contributed by atoms with van der Waals surface area (Å²) in [4.78, 5) is 11.4. The second-order valence-electron chi connectivity index (χ2n) is 5.82. The van der Waals surface area contributed by atoms with Crippen molar-refractivity contribution in [2.24, 2.45) is 11.8 Å². The Bertz CT molecular complexity index is 695. The minimum Gasteiger partial charge on any atom is -0.325 e. The number of nitrogens with one attached hydrogen (secondary N) is 2. The van der Waals surface area contributed by atoms with Crippen molar-refractivity contribution in [3.05, 3.63) is 22.7 Å². The normalized spacial score (nSPS) is 25.2. The summed E-state index contributed by atoms with van der Waals surface area (Å²) >= 11 is 3.32. The monoisotopic (exact) mass is 387 g/mol. The fourth-order valence-electron chi connectivity index (χ4n) is 3.10. The lowest BCUT2D eigenvalue weighted by molar-refractivity contribution is -0.114. The Morgan fingerprint density at radius 2 is 1.95 bits per heavy atom. The first-order valence-corrected chi connectivity index (χ1v) is 9.39. The first-order valence-electron chi connectivity index (χ1n) is 7.16. The van der Waals surface area contributed by atoms with E-state index in [1.54, 1.807) is 16.4 Å². The predicted molar refractivity (Wildman–Crippen MR) is 87.1 cm³/mol. The minimum atomic E-state index is -3.49. The summed E-state index contributed by atoms with van der Waals surface area (Å²) in [6, 6.07) is 4.70. The molecule has 0 aliphatic carbocycles. The Hall–Kier alpha value is -0.960. The second kappa shape index (κ2) is 5.92. The molecule has 1 aromatic rings. The van der Waals surface area contributed by atoms with Gasteiger partial charge in [0.05, 0.1) is 10.6 Å². The molecule has 2 fully saturated rings. The summed E-state index contributed by atoms with van der Waals surface area (Å²) in [6.07, 6.45) is 0. The number of benzene rings is 1. The number of nitrogens with zero attached hydrogens (tertiary/aromatic N) is 1. The van der Waals surface area contributed by atoms with Crippen molar-refractivity contribution in [1.29, 1.82) is 0 Å². The Morgan fingerprint density at radius 1 is 1.32 bits per heavy atom. The molecule has 3 rings (SSSR count). The van der Waals surface area contributed by atoms with Crippen LogP contribution in [0, 0.1) is 11.8 Å². The Labute approximate surface area is 138 Å². The van der Waals surface area contributed by atoms with Gasteiger partial charge in [0.25, 0.3) is 0 Å². The molecule has 0 unspecified atom stereocenters. The largest absolute Gasteiger partial charge is 0.325 e. The van der Waals surface area contributed by atoms with E-state index in [2.05, 4.69) is 26.6 Å². The van der Waals surface area contributed by atoms with E-state index in [4.69, 9.17) is 0 Å². The van der Waals surface area contributed by atoms with Gasteiger partial charge in [-0.3, -0.25) is 4.79 Å². The number of amides is 1. The van der Waals surface area contributed by atoms with Crippen molar-refractivity contribution in [2.45, 2.75) is 11.8 Å². The molecule has 8 heteroatoms. The van der Waals surface area contributed by atoms with E-state index in [0.717, 1.165) is 13.1 Å². The third-order valence-corrected chi connectivity index (χ3v) is 6.73. The van der Waals surface area contributed by atoms with Crippen LogP contribution < -0.4 is 10.6 Å². The van der Waals surface area contributed by atoms with Crippen LogP contribution in [0.3, 0.4) is 0 Å². The first kappa shape index (κ1) is 15.9. The van der Waals surface area contributed by atoms with E-state index in [1.807, 2.05) is 0 Å². The average Bonchev–Trinajstić information content (AvgIpc) is 3.01. The third kappa shape index (κ3) is 2.92. The molecule has 0 radical (unpaired) electrons. The van der Waals surface area contributed by atoms with Gasteiger partial charge in [-0.05, 0) is 59.1 Å². The molecule has 22 heavy (non-hydrogen) atoms. The van der Waals surface area contributed by atoms with Gasteiger partial charge in [0.15, 0.2) is 0 Å². The van der Waals surface area contributed by atoms with Crippen molar-refractivity contribution in [3.8, 4) is 0 Å². The van der Waals surface area contributed by atoms with E-state index >= 15 is 0 Å². The highest BCUT2D eigenvalue weighted by Crippen LogP contribution is 2.33. The quantitative estimate of drug-likeness (QED) is 0.817. The third-order valence-electron chi connectivity index (χ3n) is 4.25. The number of halogens is 1. The number of hydrogen-bond acceptors (Lipinski definition) is 4. The number of fused-ring (bicyclic) bond motifs is 1. The molecule has 0 saturated carbocycles. The number of rotatable bonds is 3. The van der Waals surface area contributed by atoms with Crippen LogP contribution in [0.15, 0.2) is 27.6 Å². The van der Waals surface area contributed by atoms with Crippen LogP contribution in [0.5, 0.6) is 0 Å². The lowest BCUT2D eigenvalue weighted by Crippen LogP contribution is -2.32. The Morgan fingerprint density at radius 3 is 2.50 bits per heavy atom. The lowest BCUT2D eigenvalue weighted by atomic mass is 10.0. The molecular weight excluding hydrogens is 370 g/mol. The van der Waals surface area contributed by atoms with Crippen LogP contribution in [0.2, 0.25) is 0 Å². The maximum Gasteiger partial charge on any atom is 0.243 e. The van der Waals surface area contributed by atoms with Crippen molar-refractivity contribution >= 4 is 37.5 Å². The summed E-state index contributed by atoms with van der Waals surface area (Å²) in [5, 5.41) is 5.95. The molecule has 2 saturated heterocycles. The predicted octanol–water partition coefficient (Wildman–Crippen LogP) is 1.25. The van der Waals surface area contributed by atoms with E-state index in [1.165, 1.54) is 13.0 Å². The molecule has 1 aromatic carbocycles. The van der Waals surface area contributed by atoms with Crippen LogP contribution in [-0.4, -0.2) is 44.8 Å². The summed E-state index contributed by atoms with van der Waals surface area (Å²) in [6.45, 7) is 4.34. The molecule has 2 aliphatic rings. The highest BCUT2D eigenvalue weighted by atomic mass is 79.9. The van der Waals surface area contributed by atoms with Crippen molar-refractivity contribution in [3.63, 3.8) is 0 Å². The molecule has 2 heterocycles. The topological polar surface area (TPSA) is 78.5 Å². The fraction of sp³-hybridized carbons (Fsp3) is 0.500. The number of anilines is 1. The number of carbonyl (C=O) groups excluding carboxylic acids is 1. The highest BCUT2D eigenvalue weighted by molar-refractivity contribution is 9.10. The number of hydrogen-bond donors (Lipinski definition) is 2. The van der Waals surface area contributed by atoms with Crippen molar-refractivity contribution < 1.29 is 13.2 Å². The zero-order chi connectivity index (χ0) is 15.9. The summed E-state index contributed by atoms with van der Waals surface area (Å²) in [5.74, 6) is 0.630. The van der Waals surface area contributed by atoms with Gasteiger partial charge in [0.2, 0.25) is 15.9 Å². The molecule has 0 bridgehead atoms. The van der Waals surface area contributed by atoms with Gasteiger partial charge < -0.3 is 10.6 Å². The average molecular weight is 388 g/mol. The summed E-state index contributed by atoms with van der Waals surface area (Å²) < 4.78 is 27.6. The van der Waals surface area contributed by atoms with Crippen LogP contribution in [0.4, 0.5) is 5.69 Å². The van der Waals surface area contributed by atoms with Crippen LogP contribution in [0.1, 0.15) is 6.92 Å². The smallest absolute Gasteiger partial charge is 0.243 e. The molecular formula is C14H18BrN3O3S. The van der Waals surface area contributed by atoms with E-state index in [0.29, 0.717) is 35.1 Å². The van der Waals surface area contributed by atoms with Gasteiger partial charge in [0.1, 0.15) is 0 Å². The summed E-state index contributed by atoms with van der Waals surface area (Å²) in [7, 11) is -3.49. The van der Waals surface area contributed by atoms with Crippen molar-refractivity contribution in [1.82, 2.24) is 9.62 Å². The second-order valence-corrected chi connectivity index (χ2v) is 8.62. The SMILES string of the molecule is CC(=O)Nc1ccc(S(=O)(=O)N2C[C@H]3CNC[C@H]3C2)cc1Br. The Kier molecular flexibility index (Phi) is 4.28. The van der Waals surface area contributed by atoms with E-state index in [9.17, 15) is 13.2 Å². The van der Waals surface area contributed by atoms with Gasteiger partial charge in [-0.15, -0.1) is 0 Å². The molecule has 2 N–H and O–H groups in total. The molecule has 1 amide bonds. The van der Waals surface area contributed by atoms with E-state index in [-0.39, 0.29) is 10.8 Å². The zero-order valence-corrected chi connectivity index (χ0v) is 14.6. The van der Waals surface area contributed by atoms with Gasteiger partial charge >= 0.3 is 0 Å². The maximum absolute atomic E-state index is 12.7. The number of carbonyl (C=O) groups is 1. The van der Waals surface area contributed by atoms with Crippen LogP contribution in [0.25, 0.3) is 0 Å². The molecule has 0 spiro atoms. The van der Waals surface area contributed by atoms with Gasteiger partial charge in [-0.1, -0.05) is 0 Å². The first-order chi connectivity index (χ1) is 10.4. The molecule has 0 aromatic heterocycles. The molecule has 2 atom stereocenters. The Balaban J connectivity index is 1.83. The van der Waals surface area contributed by atoms with Gasteiger partial charge in [0, 0.05) is 24.5 Å². The zero-order valence-electron chi connectivity index (χ0n) is 12.2. The summed E-state index contributed by atoms with van der Waals surface area (Å²) in [5.41, 5.74) is 0.564. The minimum absolute atomic E-state index is 0.198. The standard InChI is InChI=1S/C14H18BrN3O3S/c1-9(19)17-14-3-2-12(4-13(14)15)22(20,21)18-7-10-5-16-6-11(10)8-18/h2-4,10-11,16H,5-8H2,1H3,(H,17,19)/t10-,11+. The van der Waals surface area contributed by atoms with Gasteiger partial charge in [-0.25, -0.2) is 8.42 Å². The fourth-order valence-corrected chi connectivity index (χ4v) is 5.31. The lowest BCUT2D eigenvalue weighted by Gasteiger charge is -2.18.